The van der Waals surface area contributed by atoms with Crippen molar-refractivity contribution in [2.24, 2.45) is 0 Å². The van der Waals surface area contributed by atoms with Gasteiger partial charge in [0.05, 0.1) is 0 Å². The largest absolute Gasteiger partial charge is 0.480 e. The minimum atomic E-state index is -1.24. The van der Waals surface area contributed by atoms with Crippen LogP contribution in [-0.4, -0.2) is 51.7 Å². The average Bonchev–Trinajstić information content (AvgIpc) is 2.34. The zero-order valence-electron chi connectivity index (χ0n) is 11.6. The predicted octanol–water partition coefficient (Wildman–Crippen LogP) is 1.14. The first-order valence-corrected chi connectivity index (χ1v) is 6.30. The maximum atomic E-state index is 12.0. The number of urea groups is 1. The molecular weight excluding hydrogens is 252 g/mol. The van der Waals surface area contributed by atoms with Crippen molar-refractivity contribution >= 4 is 18.0 Å². The van der Waals surface area contributed by atoms with Gasteiger partial charge in [-0.3, -0.25) is 9.59 Å². The molecule has 0 saturated carbocycles. The van der Waals surface area contributed by atoms with Gasteiger partial charge in [-0.25, -0.2) is 4.79 Å². The van der Waals surface area contributed by atoms with Crippen LogP contribution in [0, 0.1) is 0 Å². The monoisotopic (exact) mass is 274 g/mol. The van der Waals surface area contributed by atoms with E-state index in [2.05, 4.69) is 5.32 Å². The molecule has 0 unspecified atom stereocenters. The number of carbonyl (C=O) groups excluding carboxylic acids is 1. The highest BCUT2D eigenvalue weighted by molar-refractivity contribution is 5.84. The van der Waals surface area contributed by atoms with E-state index in [4.69, 9.17) is 10.2 Å². The van der Waals surface area contributed by atoms with Crippen LogP contribution in [0.25, 0.3) is 0 Å². The van der Waals surface area contributed by atoms with E-state index in [1.54, 1.807) is 0 Å². The van der Waals surface area contributed by atoms with Crippen LogP contribution in [-0.2, 0) is 9.59 Å². The van der Waals surface area contributed by atoms with Crippen molar-refractivity contribution in [1.82, 2.24) is 10.2 Å². The molecule has 0 atom stereocenters. The Morgan fingerprint density at radius 1 is 0.947 bits per heavy atom. The first-order valence-electron chi connectivity index (χ1n) is 6.30. The number of amides is 2. The fraction of sp³-hybridized carbons (Fsp3) is 0.750. The Hall–Kier alpha value is -1.79. The highest BCUT2D eigenvalue weighted by Crippen LogP contribution is 2.19. The highest BCUT2D eigenvalue weighted by Gasteiger charge is 2.29. The maximum absolute atomic E-state index is 12.0. The number of carboxylic acids is 2. The first-order chi connectivity index (χ1) is 8.80. The third kappa shape index (κ3) is 5.58. The summed E-state index contributed by atoms with van der Waals surface area (Å²) in [5.41, 5.74) is -0.424. The molecule has 0 radical (unpaired) electrons. The molecule has 7 nitrogen and oxygen atoms in total. The summed E-state index contributed by atoms with van der Waals surface area (Å²) in [5.74, 6) is -2.49. The van der Waals surface area contributed by atoms with Crippen LogP contribution < -0.4 is 5.32 Å². The number of nitrogens with one attached hydrogen (secondary N) is 1. The van der Waals surface area contributed by atoms with Gasteiger partial charge in [-0.2, -0.15) is 0 Å². The van der Waals surface area contributed by atoms with Gasteiger partial charge < -0.3 is 20.4 Å². The van der Waals surface area contributed by atoms with Crippen molar-refractivity contribution in [2.45, 2.75) is 45.6 Å². The van der Waals surface area contributed by atoms with Gasteiger partial charge in [0.15, 0.2) is 0 Å². The third-order valence-electron chi connectivity index (χ3n) is 3.34. The molecule has 0 aromatic rings. The molecule has 0 saturated heterocycles. The van der Waals surface area contributed by atoms with E-state index < -0.39 is 36.6 Å². The zero-order valence-corrected chi connectivity index (χ0v) is 11.6. The average molecular weight is 274 g/mol. The minimum absolute atomic E-state index is 0.424. The second-order valence-electron chi connectivity index (χ2n) is 4.41. The highest BCUT2D eigenvalue weighted by atomic mass is 16.4. The zero-order chi connectivity index (χ0) is 15.1. The van der Waals surface area contributed by atoms with Crippen LogP contribution in [0.1, 0.15) is 40.0 Å². The summed E-state index contributed by atoms with van der Waals surface area (Å²) in [6, 6.07) is -0.657. The molecule has 0 aromatic carbocycles. The summed E-state index contributed by atoms with van der Waals surface area (Å²) in [6.07, 6.45) is 2.08. The van der Waals surface area contributed by atoms with E-state index in [1.165, 1.54) is 0 Å². The Morgan fingerprint density at radius 3 is 1.58 bits per heavy atom. The normalized spacial score (nSPS) is 10.9. The van der Waals surface area contributed by atoms with Crippen molar-refractivity contribution in [3.63, 3.8) is 0 Å². The molecule has 7 heteroatoms. The molecule has 0 spiro atoms. The minimum Gasteiger partial charge on any atom is -0.480 e. The molecule has 0 bridgehead atoms. The van der Waals surface area contributed by atoms with E-state index in [0.717, 1.165) is 4.90 Å². The predicted molar refractivity (Wildman–Crippen MR) is 69.0 cm³/mol. The van der Waals surface area contributed by atoms with Crippen molar-refractivity contribution in [3.05, 3.63) is 0 Å². The lowest BCUT2D eigenvalue weighted by Gasteiger charge is -2.34. The SMILES string of the molecule is CCC(CC)(CC)NC(=O)N(CC(=O)O)CC(=O)O. The van der Waals surface area contributed by atoms with Crippen LogP contribution in [0.4, 0.5) is 4.79 Å². The van der Waals surface area contributed by atoms with Gasteiger partial charge in [0.1, 0.15) is 13.1 Å². The van der Waals surface area contributed by atoms with Gasteiger partial charge in [0.25, 0.3) is 0 Å². The summed E-state index contributed by atoms with van der Waals surface area (Å²) in [6.45, 7) is 4.50. The number of rotatable bonds is 8. The fourth-order valence-electron chi connectivity index (χ4n) is 1.85. The Bertz CT molecular complexity index is 315. The van der Waals surface area contributed by atoms with E-state index in [-0.39, 0.29) is 0 Å². The Morgan fingerprint density at radius 2 is 1.32 bits per heavy atom. The summed E-state index contributed by atoms with van der Waals surface area (Å²) in [7, 11) is 0. The van der Waals surface area contributed by atoms with Crippen LogP contribution >= 0.6 is 0 Å². The number of carbonyl (C=O) groups is 3. The molecule has 2 amide bonds. The number of aliphatic carboxylic acids is 2. The van der Waals surface area contributed by atoms with Crippen molar-refractivity contribution < 1.29 is 24.6 Å². The molecule has 0 aliphatic heterocycles. The second-order valence-corrected chi connectivity index (χ2v) is 4.41. The van der Waals surface area contributed by atoms with Crippen molar-refractivity contribution in [2.75, 3.05) is 13.1 Å². The lowest BCUT2D eigenvalue weighted by atomic mass is 9.90. The van der Waals surface area contributed by atoms with Crippen molar-refractivity contribution in [3.8, 4) is 0 Å². The van der Waals surface area contributed by atoms with Gasteiger partial charge in [-0.05, 0) is 19.3 Å². The Labute approximate surface area is 112 Å². The third-order valence-corrected chi connectivity index (χ3v) is 3.34. The van der Waals surface area contributed by atoms with Gasteiger partial charge in [0, 0.05) is 5.54 Å². The summed E-state index contributed by atoms with van der Waals surface area (Å²) >= 11 is 0. The Kier molecular flexibility index (Phi) is 6.89. The molecule has 0 aromatic heterocycles. The summed E-state index contributed by atoms with van der Waals surface area (Å²) in [5, 5.41) is 20.2. The quantitative estimate of drug-likeness (QED) is 0.615. The molecule has 0 heterocycles. The van der Waals surface area contributed by atoms with E-state index in [1.807, 2.05) is 20.8 Å². The van der Waals surface area contributed by atoms with Crippen LogP contribution in [0.15, 0.2) is 0 Å². The molecular formula is C12H22N2O5. The topological polar surface area (TPSA) is 107 Å². The number of carboxylic acid groups (broad SMARTS) is 2. The fourth-order valence-corrected chi connectivity index (χ4v) is 1.85. The molecule has 0 rings (SSSR count). The smallest absolute Gasteiger partial charge is 0.323 e. The van der Waals surface area contributed by atoms with Gasteiger partial charge in [-0.15, -0.1) is 0 Å². The first kappa shape index (κ1) is 17.2. The lowest BCUT2D eigenvalue weighted by Crippen LogP contribution is -2.54. The standard InChI is InChI=1S/C12H22N2O5/c1-4-12(5-2,6-3)13-11(19)14(7-9(15)16)8-10(17)18/h4-8H2,1-3H3,(H,13,19)(H,15,16)(H,17,18). The molecule has 19 heavy (non-hydrogen) atoms. The number of nitrogens with zero attached hydrogens (tertiary/aromatic N) is 1. The maximum Gasteiger partial charge on any atom is 0.323 e. The second kappa shape index (κ2) is 7.60. The molecule has 3 N–H and O–H groups in total. The number of hydrogen-bond donors (Lipinski definition) is 3. The molecule has 0 aliphatic rings. The van der Waals surface area contributed by atoms with E-state index in [9.17, 15) is 14.4 Å². The van der Waals surface area contributed by atoms with Gasteiger partial charge >= 0.3 is 18.0 Å². The van der Waals surface area contributed by atoms with Crippen LogP contribution in [0.5, 0.6) is 0 Å². The Balaban J connectivity index is 4.88. The van der Waals surface area contributed by atoms with Gasteiger partial charge in [-0.1, -0.05) is 20.8 Å². The molecule has 110 valence electrons. The lowest BCUT2D eigenvalue weighted by molar-refractivity contribution is -0.140. The van der Waals surface area contributed by atoms with E-state index >= 15 is 0 Å². The van der Waals surface area contributed by atoms with Gasteiger partial charge in [0.2, 0.25) is 0 Å². The van der Waals surface area contributed by atoms with E-state index in [0.29, 0.717) is 19.3 Å². The summed E-state index contributed by atoms with van der Waals surface area (Å²) < 4.78 is 0. The van der Waals surface area contributed by atoms with Crippen LogP contribution in [0.2, 0.25) is 0 Å². The summed E-state index contributed by atoms with van der Waals surface area (Å²) in [4.78, 5) is 34.1. The van der Waals surface area contributed by atoms with Crippen molar-refractivity contribution in [1.29, 1.82) is 0 Å². The number of hydrogen-bond acceptors (Lipinski definition) is 3. The van der Waals surface area contributed by atoms with Crippen LogP contribution in [0.3, 0.4) is 0 Å². The molecule has 0 aliphatic carbocycles. The molecule has 0 fully saturated rings.